The molecule has 0 fully saturated rings. The minimum absolute atomic E-state index is 0.286. The lowest BCUT2D eigenvalue weighted by molar-refractivity contribution is 0.630. The molecule has 0 atom stereocenters. The number of hydrogen-bond donors (Lipinski definition) is 1. The molecular weight excluding hydrogens is 233 g/mol. The SMILES string of the molecule is CCSCCCNc1c(F)cccc1Cl. The highest BCUT2D eigenvalue weighted by molar-refractivity contribution is 7.99. The lowest BCUT2D eigenvalue weighted by Gasteiger charge is -2.08. The van der Waals surface area contributed by atoms with Crippen LogP contribution >= 0.6 is 23.4 Å². The van der Waals surface area contributed by atoms with E-state index in [1.165, 1.54) is 6.07 Å². The molecule has 0 bridgehead atoms. The fourth-order valence-corrected chi connectivity index (χ4v) is 2.07. The molecular formula is C11H15ClFNS. The first-order valence-corrected chi connectivity index (χ1v) is 6.54. The van der Waals surface area contributed by atoms with E-state index in [1.807, 2.05) is 11.8 Å². The van der Waals surface area contributed by atoms with Crippen molar-refractivity contribution >= 4 is 29.1 Å². The molecule has 1 N–H and O–H groups in total. The van der Waals surface area contributed by atoms with Gasteiger partial charge < -0.3 is 5.32 Å². The van der Waals surface area contributed by atoms with E-state index >= 15 is 0 Å². The van der Waals surface area contributed by atoms with E-state index in [0.29, 0.717) is 10.7 Å². The zero-order valence-electron chi connectivity index (χ0n) is 8.72. The third-order valence-electron chi connectivity index (χ3n) is 1.93. The number of rotatable bonds is 6. The second-order valence-corrected chi connectivity index (χ2v) is 4.87. The van der Waals surface area contributed by atoms with Crippen LogP contribution in [-0.2, 0) is 0 Å². The maximum Gasteiger partial charge on any atom is 0.147 e. The van der Waals surface area contributed by atoms with Gasteiger partial charge in [-0.1, -0.05) is 24.6 Å². The minimum atomic E-state index is -0.286. The monoisotopic (exact) mass is 247 g/mol. The molecule has 1 aromatic rings. The van der Waals surface area contributed by atoms with E-state index in [1.54, 1.807) is 12.1 Å². The number of halogens is 2. The average molecular weight is 248 g/mol. The number of para-hydroxylation sites is 1. The Hall–Kier alpha value is -0.410. The van der Waals surface area contributed by atoms with Crippen LogP contribution in [-0.4, -0.2) is 18.1 Å². The van der Waals surface area contributed by atoms with Gasteiger partial charge in [0, 0.05) is 6.54 Å². The van der Waals surface area contributed by atoms with Crippen LogP contribution in [0.1, 0.15) is 13.3 Å². The van der Waals surface area contributed by atoms with E-state index in [4.69, 9.17) is 11.6 Å². The summed E-state index contributed by atoms with van der Waals surface area (Å²) in [6.45, 7) is 2.89. The van der Waals surface area contributed by atoms with Crippen LogP contribution < -0.4 is 5.32 Å². The Kier molecular flexibility index (Phi) is 5.88. The van der Waals surface area contributed by atoms with Gasteiger partial charge in [0.05, 0.1) is 10.7 Å². The molecule has 0 aromatic heterocycles. The van der Waals surface area contributed by atoms with E-state index in [2.05, 4.69) is 12.2 Å². The smallest absolute Gasteiger partial charge is 0.147 e. The van der Waals surface area contributed by atoms with Crippen molar-refractivity contribution in [3.8, 4) is 0 Å². The third kappa shape index (κ3) is 4.31. The Bertz CT molecular complexity index is 286. The Morgan fingerprint density at radius 2 is 2.27 bits per heavy atom. The summed E-state index contributed by atoms with van der Waals surface area (Å²) < 4.78 is 13.3. The van der Waals surface area contributed by atoms with Crippen molar-refractivity contribution in [2.24, 2.45) is 0 Å². The highest BCUT2D eigenvalue weighted by Crippen LogP contribution is 2.24. The first-order valence-electron chi connectivity index (χ1n) is 5.01. The second kappa shape index (κ2) is 6.96. The normalized spacial score (nSPS) is 10.3. The van der Waals surface area contributed by atoms with Crippen LogP contribution in [0.2, 0.25) is 5.02 Å². The lowest BCUT2D eigenvalue weighted by Crippen LogP contribution is -2.05. The van der Waals surface area contributed by atoms with Crippen LogP contribution in [0.25, 0.3) is 0 Å². The molecule has 0 heterocycles. The van der Waals surface area contributed by atoms with Gasteiger partial charge in [0.1, 0.15) is 5.82 Å². The Morgan fingerprint density at radius 1 is 1.47 bits per heavy atom. The largest absolute Gasteiger partial charge is 0.381 e. The molecule has 0 saturated heterocycles. The molecule has 0 spiro atoms. The van der Waals surface area contributed by atoms with Crippen LogP contribution in [0.3, 0.4) is 0 Å². The molecule has 0 radical (unpaired) electrons. The van der Waals surface area contributed by atoms with Gasteiger partial charge >= 0.3 is 0 Å². The van der Waals surface area contributed by atoms with Gasteiger partial charge in [0.15, 0.2) is 0 Å². The number of benzene rings is 1. The number of nitrogens with one attached hydrogen (secondary N) is 1. The second-order valence-electron chi connectivity index (χ2n) is 3.07. The highest BCUT2D eigenvalue weighted by Gasteiger charge is 2.04. The van der Waals surface area contributed by atoms with Crippen molar-refractivity contribution in [2.45, 2.75) is 13.3 Å². The first kappa shape index (κ1) is 12.7. The van der Waals surface area contributed by atoms with Crippen LogP contribution in [0, 0.1) is 5.82 Å². The van der Waals surface area contributed by atoms with E-state index in [-0.39, 0.29) is 5.82 Å². The molecule has 0 aliphatic heterocycles. The summed E-state index contributed by atoms with van der Waals surface area (Å²) in [4.78, 5) is 0. The third-order valence-corrected chi connectivity index (χ3v) is 3.23. The molecule has 1 aromatic carbocycles. The van der Waals surface area contributed by atoms with E-state index in [9.17, 15) is 4.39 Å². The number of anilines is 1. The molecule has 1 rings (SSSR count). The van der Waals surface area contributed by atoms with Crippen LogP contribution in [0.15, 0.2) is 18.2 Å². The van der Waals surface area contributed by atoms with Crippen molar-refractivity contribution < 1.29 is 4.39 Å². The average Bonchev–Trinajstić information content (AvgIpc) is 2.21. The van der Waals surface area contributed by atoms with Crippen molar-refractivity contribution in [2.75, 3.05) is 23.4 Å². The van der Waals surface area contributed by atoms with E-state index in [0.717, 1.165) is 24.5 Å². The fourth-order valence-electron chi connectivity index (χ4n) is 1.20. The van der Waals surface area contributed by atoms with Gasteiger partial charge in [-0.25, -0.2) is 4.39 Å². The zero-order valence-corrected chi connectivity index (χ0v) is 10.3. The lowest BCUT2D eigenvalue weighted by atomic mass is 10.3. The molecule has 0 aliphatic rings. The highest BCUT2D eigenvalue weighted by atomic mass is 35.5. The first-order chi connectivity index (χ1) is 7.25. The molecule has 0 amide bonds. The van der Waals surface area contributed by atoms with E-state index < -0.39 is 0 Å². The standard InChI is InChI=1S/C11H15ClFNS/c1-2-15-8-4-7-14-11-9(12)5-3-6-10(11)13/h3,5-6,14H,2,4,7-8H2,1H3. The van der Waals surface area contributed by atoms with Gasteiger partial charge in [0.25, 0.3) is 0 Å². The molecule has 15 heavy (non-hydrogen) atoms. The number of thioether (sulfide) groups is 1. The van der Waals surface area contributed by atoms with Crippen molar-refractivity contribution in [3.63, 3.8) is 0 Å². The van der Waals surface area contributed by atoms with Gasteiger partial charge in [-0.05, 0) is 30.1 Å². The van der Waals surface area contributed by atoms with Crippen LogP contribution in [0.5, 0.6) is 0 Å². The van der Waals surface area contributed by atoms with Gasteiger partial charge in [-0.15, -0.1) is 0 Å². The summed E-state index contributed by atoms with van der Waals surface area (Å²) in [5.41, 5.74) is 0.417. The summed E-state index contributed by atoms with van der Waals surface area (Å²) in [5.74, 6) is 1.93. The predicted octanol–water partition coefficient (Wildman–Crippen LogP) is 4.03. The topological polar surface area (TPSA) is 12.0 Å². The van der Waals surface area contributed by atoms with Crippen molar-refractivity contribution in [3.05, 3.63) is 29.0 Å². The number of hydrogen-bond acceptors (Lipinski definition) is 2. The Balaban J connectivity index is 2.37. The van der Waals surface area contributed by atoms with Crippen LogP contribution in [0.4, 0.5) is 10.1 Å². The van der Waals surface area contributed by atoms with Gasteiger partial charge in [-0.3, -0.25) is 0 Å². The summed E-state index contributed by atoms with van der Waals surface area (Å²) in [5, 5.41) is 3.46. The van der Waals surface area contributed by atoms with Crippen molar-refractivity contribution in [1.82, 2.24) is 0 Å². The summed E-state index contributed by atoms with van der Waals surface area (Å²) >= 11 is 7.75. The minimum Gasteiger partial charge on any atom is -0.381 e. The van der Waals surface area contributed by atoms with Gasteiger partial charge in [-0.2, -0.15) is 11.8 Å². The summed E-state index contributed by atoms with van der Waals surface area (Å²) in [7, 11) is 0. The molecule has 1 nitrogen and oxygen atoms in total. The molecule has 84 valence electrons. The fraction of sp³-hybridized carbons (Fsp3) is 0.455. The maximum atomic E-state index is 13.3. The molecule has 0 aliphatic carbocycles. The van der Waals surface area contributed by atoms with Gasteiger partial charge in [0.2, 0.25) is 0 Å². The Morgan fingerprint density at radius 3 is 2.93 bits per heavy atom. The van der Waals surface area contributed by atoms with Crippen molar-refractivity contribution in [1.29, 1.82) is 0 Å². The summed E-state index contributed by atoms with van der Waals surface area (Å²) in [6, 6.07) is 4.71. The maximum absolute atomic E-state index is 13.3. The predicted molar refractivity (Wildman–Crippen MR) is 67.5 cm³/mol. The molecule has 0 unspecified atom stereocenters. The molecule has 4 heteroatoms. The summed E-state index contributed by atoms with van der Waals surface area (Å²) in [6.07, 6.45) is 1.02. The molecule has 0 saturated carbocycles. The zero-order chi connectivity index (χ0) is 11.1. The quantitative estimate of drug-likeness (QED) is 0.762. The Labute approximate surface area is 99.4 Å².